The van der Waals surface area contributed by atoms with E-state index in [1.807, 2.05) is 55.5 Å². The van der Waals surface area contributed by atoms with E-state index in [-0.39, 0.29) is 0 Å². The van der Waals surface area contributed by atoms with Crippen molar-refractivity contribution in [2.75, 3.05) is 11.9 Å². The molecule has 6 nitrogen and oxygen atoms in total. The third-order valence-electron chi connectivity index (χ3n) is 4.01. The second kappa shape index (κ2) is 6.84. The van der Waals surface area contributed by atoms with Crippen molar-refractivity contribution in [3.8, 4) is 17.1 Å². The molecule has 0 unspecified atom stereocenters. The molecule has 0 fully saturated rings. The lowest BCUT2D eigenvalue weighted by Crippen LogP contribution is -2.00. The standard InChI is InChI=1S/C20H19N5O/c1-3-26-17-10-8-16(9-11-17)21-18-12-13-19-22-23-20(25(19)24-18)15-6-4-14(2)5-7-15/h4-13H,3H2,1-2H3,(H,21,24). The Morgan fingerprint density at radius 1 is 0.923 bits per heavy atom. The smallest absolute Gasteiger partial charge is 0.185 e. The van der Waals surface area contributed by atoms with Crippen molar-refractivity contribution < 1.29 is 4.74 Å². The van der Waals surface area contributed by atoms with Crippen LogP contribution >= 0.6 is 0 Å². The molecule has 0 aliphatic rings. The Kier molecular flexibility index (Phi) is 4.23. The summed E-state index contributed by atoms with van der Waals surface area (Å²) in [5, 5.41) is 16.4. The number of aryl methyl sites for hydroxylation is 1. The zero-order valence-electron chi connectivity index (χ0n) is 14.7. The van der Waals surface area contributed by atoms with Crippen molar-refractivity contribution in [1.82, 2.24) is 19.8 Å². The van der Waals surface area contributed by atoms with Crippen molar-refractivity contribution in [3.05, 3.63) is 66.2 Å². The lowest BCUT2D eigenvalue weighted by atomic mass is 10.1. The van der Waals surface area contributed by atoms with Gasteiger partial charge in [-0.25, -0.2) is 0 Å². The SMILES string of the molecule is CCOc1ccc(Nc2ccc3nnc(-c4ccc(C)cc4)n3n2)cc1. The van der Waals surface area contributed by atoms with Crippen molar-refractivity contribution in [2.24, 2.45) is 0 Å². The normalized spacial score (nSPS) is 10.8. The van der Waals surface area contributed by atoms with Crippen LogP contribution in [0.2, 0.25) is 0 Å². The van der Waals surface area contributed by atoms with E-state index in [0.717, 1.165) is 28.6 Å². The van der Waals surface area contributed by atoms with Gasteiger partial charge in [0.15, 0.2) is 17.3 Å². The predicted octanol–water partition coefficient (Wildman–Crippen LogP) is 4.24. The van der Waals surface area contributed by atoms with Crippen LogP contribution < -0.4 is 10.1 Å². The van der Waals surface area contributed by atoms with Gasteiger partial charge in [0.25, 0.3) is 0 Å². The average Bonchev–Trinajstić information content (AvgIpc) is 3.07. The van der Waals surface area contributed by atoms with Gasteiger partial charge in [-0.15, -0.1) is 15.3 Å². The Hall–Kier alpha value is -3.41. The third-order valence-corrected chi connectivity index (χ3v) is 4.01. The van der Waals surface area contributed by atoms with Crippen molar-refractivity contribution in [1.29, 1.82) is 0 Å². The molecule has 0 aliphatic heterocycles. The molecule has 2 aromatic heterocycles. The highest BCUT2D eigenvalue weighted by molar-refractivity contribution is 5.62. The second-order valence-corrected chi connectivity index (χ2v) is 5.96. The van der Waals surface area contributed by atoms with Crippen LogP contribution in [0, 0.1) is 6.92 Å². The second-order valence-electron chi connectivity index (χ2n) is 5.96. The van der Waals surface area contributed by atoms with Crippen LogP contribution in [-0.2, 0) is 0 Å². The highest BCUT2D eigenvalue weighted by Gasteiger charge is 2.10. The fraction of sp³-hybridized carbons (Fsp3) is 0.150. The highest BCUT2D eigenvalue weighted by atomic mass is 16.5. The zero-order valence-corrected chi connectivity index (χ0v) is 14.7. The summed E-state index contributed by atoms with van der Waals surface area (Å²) in [6, 6.07) is 19.7. The van der Waals surface area contributed by atoms with E-state index in [2.05, 4.69) is 39.7 Å². The molecule has 0 atom stereocenters. The number of rotatable bonds is 5. The number of nitrogens with one attached hydrogen (secondary N) is 1. The van der Waals surface area contributed by atoms with Crippen LogP contribution in [0.5, 0.6) is 5.75 Å². The number of hydrogen-bond acceptors (Lipinski definition) is 5. The zero-order chi connectivity index (χ0) is 17.9. The van der Waals surface area contributed by atoms with E-state index in [1.165, 1.54) is 5.56 Å². The summed E-state index contributed by atoms with van der Waals surface area (Å²) in [7, 11) is 0. The summed E-state index contributed by atoms with van der Waals surface area (Å²) in [5.41, 5.74) is 3.82. The first-order valence-corrected chi connectivity index (χ1v) is 8.52. The monoisotopic (exact) mass is 345 g/mol. The van der Waals surface area contributed by atoms with Crippen molar-refractivity contribution >= 4 is 17.2 Å². The van der Waals surface area contributed by atoms with E-state index < -0.39 is 0 Å². The summed E-state index contributed by atoms with van der Waals surface area (Å²) in [5.74, 6) is 2.28. The molecular formula is C20H19N5O. The van der Waals surface area contributed by atoms with Crippen molar-refractivity contribution in [3.63, 3.8) is 0 Å². The maximum Gasteiger partial charge on any atom is 0.185 e. The van der Waals surface area contributed by atoms with Gasteiger partial charge >= 0.3 is 0 Å². The fourth-order valence-electron chi connectivity index (χ4n) is 2.69. The molecule has 0 bridgehead atoms. The number of ether oxygens (including phenoxy) is 1. The molecule has 4 aromatic rings. The highest BCUT2D eigenvalue weighted by Crippen LogP contribution is 2.22. The molecule has 0 spiro atoms. The lowest BCUT2D eigenvalue weighted by molar-refractivity contribution is 0.340. The van der Waals surface area contributed by atoms with Gasteiger partial charge < -0.3 is 10.1 Å². The van der Waals surface area contributed by atoms with Gasteiger partial charge in [0.1, 0.15) is 5.75 Å². The first-order valence-electron chi connectivity index (χ1n) is 8.52. The molecule has 1 N–H and O–H groups in total. The Morgan fingerprint density at radius 2 is 1.69 bits per heavy atom. The molecule has 26 heavy (non-hydrogen) atoms. The minimum absolute atomic E-state index is 0.653. The summed E-state index contributed by atoms with van der Waals surface area (Å²) < 4.78 is 7.22. The molecule has 6 heteroatoms. The minimum atomic E-state index is 0.653. The molecule has 0 saturated carbocycles. The molecule has 130 valence electrons. The summed E-state index contributed by atoms with van der Waals surface area (Å²) in [4.78, 5) is 0. The fourth-order valence-corrected chi connectivity index (χ4v) is 2.69. The first kappa shape index (κ1) is 16.1. The maximum atomic E-state index is 5.47. The Balaban J connectivity index is 1.64. The van der Waals surface area contributed by atoms with Gasteiger partial charge in [-0.05, 0) is 50.2 Å². The molecule has 2 heterocycles. The maximum absolute atomic E-state index is 5.47. The van der Waals surface area contributed by atoms with E-state index in [9.17, 15) is 0 Å². The molecule has 4 rings (SSSR count). The van der Waals surface area contributed by atoms with E-state index >= 15 is 0 Å². The predicted molar refractivity (Wildman–Crippen MR) is 102 cm³/mol. The van der Waals surface area contributed by atoms with E-state index in [1.54, 1.807) is 4.52 Å². The lowest BCUT2D eigenvalue weighted by Gasteiger charge is -2.08. The van der Waals surface area contributed by atoms with Gasteiger partial charge in [0.2, 0.25) is 0 Å². The van der Waals surface area contributed by atoms with Gasteiger partial charge in [-0.2, -0.15) is 4.52 Å². The van der Waals surface area contributed by atoms with Crippen LogP contribution in [0.25, 0.3) is 17.0 Å². The molecule has 0 radical (unpaired) electrons. The molecular weight excluding hydrogens is 326 g/mol. The Morgan fingerprint density at radius 3 is 2.42 bits per heavy atom. The molecule has 2 aromatic carbocycles. The largest absolute Gasteiger partial charge is 0.494 e. The molecule has 0 aliphatic carbocycles. The van der Waals surface area contributed by atoms with Gasteiger partial charge in [-0.3, -0.25) is 0 Å². The van der Waals surface area contributed by atoms with Crippen LogP contribution in [-0.4, -0.2) is 26.4 Å². The third kappa shape index (κ3) is 3.21. The summed E-state index contributed by atoms with van der Waals surface area (Å²) in [6.45, 7) is 4.68. The average molecular weight is 345 g/mol. The first-order chi connectivity index (χ1) is 12.7. The van der Waals surface area contributed by atoms with Crippen LogP contribution in [0.3, 0.4) is 0 Å². The number of anilines is 2. The number of nitrogens with zero attached hydrogens (tertiary/aromatic N) is 4. The number of benzene rings is 2. The van der Waals surface area contributed by atoms with Gasteiger partial charge in [0, 0.05) is 11.3 Å². The topological polar surface area (TPSA) is 64.3 Å². The van der Waals surface area contributed by atoms with Gasteiger partial charge in [-0.1, -0.05) is 29.8 Å². The Bertz CT molecular complexity index is 1020. The van der Waals surface area contributed by atoms with Crippen LogP contribution in [0.15, 0.2) is 60.7 Å². The minimum Gasteiger partial charge on any atom is -0.494 e. The van der Waals surface area contributed by atoms with Gasteiger partial charge in [0.05, 0.1) is 6.61 Å². The Labute approximate surface area is 151 Å². The van der Waals surface area contributed by atoms with Crippen LogP contribution in [0.1, 0.15) is 12.5 Å². The number of hydrogen-bond donors (Lipinski definition) is 1. The van der Waals surface area contributed by atoms with Crippen LogP contribution in [0.4, 0.5) is 11.5 Å². The quantitative estimate of drug-likeness (QED) is 0.586. The van der Waals surface area contributed by atoms with E-state index in [4.69, 9.17) is 4.74 Å². The summed E-state index contributed by atoms with van der Waals surface area (Å²) in [6.07, 6.45) is 0. The molecule has 0 amide bonds. The van der Waals surface area contributed by atoms with Crippen molar-refractivity contribution in [2.45, 2.75) is 13.8 Å². The van der Waals surface area contributed by atoms with E-state index in [0.29, 0.717) is 12.3 Å². The number of fused-ring (bicyclic) bond motifs is 1. The molecule has 0 saturated heterocycles. The number of aromatic nitrogens is 4. The summed E-state index contributed by atoms with van der Waals surface area (Å²) >= 11 is 0.